The molecule has 0 unspecified atom stereocenters. The maximum Gasteiger partial charge on any atom is 0.353 e. The van der Waals surface area contributed by atoms with Crippen LogP contribution in [0.25, 0.3) is 27.2 Å². The van der Waals surface area contributed by atoms with Gasteiger partial charge in [-0.05, 0) is 21.3 Å². The fraction of sp³-hybridized carbons (Fsp3) is 0. The lowest BCUT2D eigenvalue weighted by atomic mass is 10.1. The summed E-state index contributed by atoms with van der Waals surface area (Å²) in [5.74, 6) is 0. The Morgan fingerprint density at radius 1 is 0.842 bits per heavy atom. The smallest absolute Gasteiger partial charge is 0.136 e. The molecule has 4 rings (SSSR count). The molecule has 0 bridgehead atoms. The molecule has 0 N–H and O–H groups in total. The molecule has 2 aromatic carbocycles. The maximum atomic E-state index is 12.1. The van der Waals surface area contributed by atoms with Gasteiger partial charge in [0, 0.05) is 10.8 Å². The molecule has 0 saturated carbocycles. The average molecular weight is 248 g/mol. The standard InChI is InChI=1S/C15H10N3O/c19-17-10-16-9-15-13-7-2-1-5-11(13)12-6-3-4-8-14(12)18(15)17/h1-10H/q+1. The number of pyridine rings is 1. The Morgan fingerprint density at radius 2 is 1.47 bits per heavy atom. The molecule has 0 amide bonds. The van der Waals surface area contributed by atoms with E-state index in [9.17, 15) is 4.91 Å². The van der Waals surface area contributed by atoms with Gasteiger partial charge in [-0.2, -0.15) is 0 Å². The van der Waals surface area contributed by atoms with E-state index in [4.69, 9.17) is 0 Å². The van der Waals surface area contributed by atoms with Crippen molar-refractivity contribution in [3.63, 3.8) is 0 Å². The van der Waals surface area contributed by atoms with E-state index >= 15 is 0 Å². The monoisotopic (exact) mass is 248 g/mol. The van der Waals surface area contributed by atoms with E-state index < -0.39 is 0 Å². The molecule has 0 spiro atoms. The highest BCUT2D eigenvalue weighted by Gasteiger charge is 2.12. The van der Waals surface area contributed by atoms with Gasteiger partial charge in [-0.1, -0.05) is 42.5 Å². The topological polar surface area (TPSA) is 40.3 Å². The molecule has 4 nitrogen and oxygen atoms in total. The van der Waals surface area contributed by atoms with Crippen molar-refractivity contribution in [1.29, 1.82) is 0 Å². The lowest BCUT2D eigenvalue weighted by Gasteiger charge is -2.06. The van der Waals surface area contributed by atoms with E-state index in [0.29, 0.717) is 0 Å². The van der Waals surface area contributed by atoms with Crippen LogP contribution in [0.1, 0.15) is 0 Å². The first-order chi connectivity index (χ1) is 9.36. The van der Waals surface area contributed by atoms with Crippen molar-refractivity contribution in [3.8, 4) is 0 Å². The zero-order valence-electron chi connectivity index (χ0n) is 10.0. The Kier molecular flexibility index (Phi) is 1.94. The fourth-order valence-electron chi connectivity index (χ4n) is 2.62. The van der Waals surface area contributed by atoms with Gasteiger partial charge in [0.15, 0.2) is 6.20 Å². The SMILES string of the molecule is O=[n+]1cncc2c3ccccc3c3ccccc3n21. The third kappa shape index (κ3) is 1.31. The van der Waals surface area contributed by atoms with E-state index in [1.54, 1.807) is 10.7 Å². The molecule has 0 aliphatic heterocycles. The molecule has 19 heavy (non-hydrogen) atoms. The summed E-state index contributed by atoms with van der Waals surface area (Å²) in [6.07, 6.45) is 3.00. The van der Waals surface area contributed by atoms with E-state index in [1.807, 2.05) is 42.5 Å². The molecule has 2 aromatic heterocycles. The fourth-order valence-corrected chi connectivity index (χ4v) is 2.62. The van der Waals surface area contributed by atoms with Gasteiger partial charge in [-0.3, -0.25) is 0 Å². The van der Waals surface area contributed by atoms with Crippen LogP contribution >= 0.6 is 0 Å². The number of rotatable bonds is 0. The Morgan fingerprint density at radius 3 is 2.26 bits per heavy atom. The number of aromatic nitrogens is 3. The zero-order chi connectivity index (χ0) is 12.8. The van der Waals surface area contributed by atoms with Gasteiger partial charge in [0.1, 0.15) is 5.52 Å². The second kappa shape index (κ2) is 3.62. The number of hydrogen-bond donors (Lipinski definition) is 0. The van der Waals surface area contributed by atoms with Gasteiger partial charge in [0.05, 0.1) is 10.1 Å². The van der Waals surface area contributed by atoms with Crippen LogP contribution in [-0.4, -0.2) is 9.50 Å². The number of hydrogen-bond acceptors (Lipinski definition) is 2. The minimum Gasteiger partial charge on any atom is -0.136 e. The first kappa shape index (κ1) is 10.2. The highest BCUT2D eigenvalue weighted by Crippen LogP contribution is 2.27. The van der Waals surface area contributed by atoms with E-state index in [2.05, 4.69) is 11.1 Å². The van der Waals surface area contributed by atoms with Gasteiger partial charge in [-0.25, -0.2) is 0 Å². The van der Waals surface area contributed by atoms with Crippen LogP contribution in [0.4, 0.5) is 0 Å². The molecule has 0 aliphatic carbocycles. The van der Waals surface area contributed by atoms with Crippen LogP contribution in [0.15, 0.2) is 61.1 Å². The minimum atomic E-state index is 0.768. The van der Waals surface area contributed by atoms with Crippen LogP contribution in [0.3, 0.4) is 0 Å². The highest BCUT2D eigenvalue weighted by atomic mass is 16.3. The van der Waals surface area contributed by atoms with Gasteiger partial charge in [0.25, 0.3) is 0 Å². The molecule has 0 atom stereocenters. The molecular formula is C15H10N3O+. The van der Waals surface area contributed by atoms with Crippen molar-refractivity contribution < 1.29 is 4.54 Å². The molecule has 0 fully saturated rings. The van der Waals surface area contributed by atoms with E-state index in [-0.39, 0.29) is 0 Å². The normalized spacial score (nSPS) is 11.4. The quantitative estimate of drug-likeness (QED) is 0.354. The van der Waals surface area contributed by atoms with Crippen LogP contribution in [0.2, 0.25) is 0 Å². The third-order valence-corrected chi connectivity index (χ3v) is 3.41. The Balaban J connectivity index is 2.52. The van der Waals surface area contributed by atoms with Crippen LogP contribution in [-0.2, 0) is 0 Å². The third-order valence-electron chi connectivity index (χ3n) is 3.41. The summed E-state index contributed by atoms with van der Waals surface area (Å²) in [7, 11) is 0. The van der Waals surface area contributed by atoms with E-state index in [1.165, 1.54) is 6.33 Å². The van der Waals surface area contributed by atoms with Crippen molar-refractivity contribution in [3.05, 3.63) is 66.0 Å². The zero-order valence-corrected chi connectivity index (χ0v) is 10.0. The first-order valence-corrected chi connectivity index (χ1v) is 6.05. The maximum absolute atomic E-state index is 12.1. The van der Waals surface area contributed by atoms with Crippen LogP contribution in [0.5, 0.6) is 0 Å². The number of fused-ring (bicyclic) bond motifs is 6. The molecule has 0 radical (unpaired) electrons. The van der Waals surface area contributed by atoms with Gasteiger partial charge in [-0.15, -0.1) is 4.52 Å². The summed E-state index contributed by atoms with van der Waals surface area (Å²) in [6.45, 7) is 0. The van der Waals surface area contributed by atoms with Crippen LogP contribution < -0.4 is 4.54 Å². The largest absolute Gasteiger partial charge is 0.353 e. The second-order valence-electron chi connectivity index (χ2n) is 4.46. The molecular weight excluding hydrogens is 238 g/mol. The van der Waals surface area contributed by atoms with E-state index in [0.717, 1.165) is 31.7 Å². The van der Waals surface area contributed by atoms with Gasteiger partial charge in [0.2, 0.25) is 0 Å². The number of para-hydroxylation sites is 1. The predicted molar refractivity (Wildman–Crippen MR) is 73.6 cm³/mol. The lowest BCUT2D eigenvalue weighted by Crippen LogP contribution is -2.26. The summed E-state index contributed by atoms with van der Waals surface area (Å²) in [5, 5.41) is 3.22. The summed E-state index contributed by atoms with van der Waals surface area (Å²) >= 11 is 0. The lowest BCUT2D eigenvalue weighted by molar-refractivity contribution is -0.577. The van der Waals surface area contributed by atoms with Crippen LogP contribution in [0, 0.1) is 4.91 Å². The molecule has 4 aromatic rings. The summed E-state index contributed by atoms with van der Waals surface area (Å²) in [6, 6.07) is 16.0. The Labute approximate surface area is 108 Å². The summed E-state index contributed by atoms with van der Waals surface area (Å²) in [5.41, 5.74) is 1.69. The average Bonchev–Trinajstić information content (AvgIpc) is 2.47. The molecule has 4 heteroatoms. The molecule has 0 saturated heterocycles. The van der Waals surface area contributed by atoms with Crippen molar-refractivity contribution in [1.82, 2.24) is 9.50 Å². The summed E-state index contributed by atoms with van der Waals surface area (Å²) in [4.78, 5) is 16.1. The number of benzene rings is 2. The van der Waals surface area contributed by atoms with Crippen molar-refractivity contribution in [2.75, 3.05) is 0 Å². The number of nitrogens with zero attached hydrogens (tertiary/aromatic N) is 3. The van der Waals surface area contributed by atoms with Crippen molar-refractivity contribution >= 4 is 27.2 Å². The van der Waals surface area contributed by atoms with Gasteiger partial charge < -0.3 is 0 Å². The second-order valence-corrected chi connectivity index (χ2v) is 4.46. The van der Waals surface area contributed by atoms with Gasteiger partial charge >= 0.3 is 6.33 Å². The van der Waals surface area contributed by atoms with Crippen molar-refractivity contribution in [2.45, 2.75) is 0 Å². The minimum absolute atomic E-state index is 0.768. The van der Waals surface area contributed by atoms with Crippen molar-refractivity contribution in [2.24, 2.45) is 0 Å². The first-order valence-electron chi connectivity index (χ1n) is 6.05. The Hall–Kier alpha value is -2.75. The Bertz CT molecular complexity index is 944. The molecule has 2 heterocycles. The predicted octanol–water partition coefficient (Wildman–Crippen LogP) is 2.56. The summed E-state index contributed by atoms with van der Waals surface area (Å²) < 4.78 is 2.41. The molecule has 0 aliphatic rings. The molecule has 90 valence electrons. The highest BCUT2D eigenvalue weighted by molar-refractivity contribution is 6.11.